The molecule has 0 heterocycles. The van der Waals surface area contributed by atoms with Crippen LogP contribution in [-0.2, 0) is 42.2 Å². The Labute approximate surface area is 422 Å². The van der Waals surface area contributed by atoms with E-state index in [-0.39, 0.29) is 19.3 Å². The monoisotopic (exact) mass is 993 g/mol. The molecule has 0 aromatic rings. The molecule has 0 spiro atoms. The van der Waals surface area contributed by atoms with Gasteiger partial charge in [-0.05, 0) is 109 Å². The van der Waals surface area contributed by atoms with E-state index in [2.05, 4.69) is 130 Å². The Hall–Kier alpha value is -4.64. The van der Waals surface area contributed by atoms with E-state index in [0.717, 1.165) is 96.3 Å². The molecule has 0 aromatic carbocycles. The first-order chi connectivity index (χ1) is 34.2. The average Bonchev–Trinajstić information content (AvgIpc) is 3.35. The van der Waals surface area contributed by atoms with Gasteiger partial charge in [0.1, 0.15) is 12.7 Å². The number of carbonyl (C=O) groups is 3. The molecule has 3 unspecified atom stereocenters. The summed E-state index contributed by atoms with van der Waals surface area (Å²) in [6.45, 7) is 4.05. The number of hydrogen-bond acceptors (Lipinski definition) is 10. The first-order valence-electron chi connectivity index (χ1n) is 25.7. The molecular weight excluding hydrogens is 904 g/mol. The van der Waals surface area contributed by atoms with Crippen molar-refractivity contribution >= 4 is 25.7 Å². The van der Waals surface area contributed by atoms with E-state index < -0.39 is 64.4 Å². The van der Waals surface area contributed by atoms with Gasteiger partial charge >= 0.3 is 25.7 Å². The summed E-state index contributed by atoms with van der Waals surface area (Å²) in [5.41, 5.74) is 0. The molecule has 0 fully saturated rings. The number of aliphatic hydroxyl groups is 1. The van der Waals surface area contributed by atoms with Gasteiger partial charge in [0.2, 0.25) is 0 Å². The zero-order valence-corrected chi connectivity index (χ0v) is 43.8. The number of esters is 3. The molecule has 0 rings (SSSR count). The van der Waals surface area contributed by atoms with E-state index in [9.17, 15) is 28.9 Å². The summed E-state index contributed by atoms with van der Waals surface area (Å²) in [4.78, 5) is 48.2. The molecule has 0 amide bonds. The van der Waals surface area contributed by atoms with E-state index in [1.54, 1.807) is 0 Å². The highest BCUT2D eigenvalue weighted by atomic mass is 31.2. The Morgan fingerprint density at radius 3 is 1.11 bits per heavy atom. The third-order valence-corrected chi connectivity index (χ3v) is 10.7. The molecule has 392 valence electrons. The van der Waals surface area contributed by atoms with Crippen LogP contribution in [0.5, 0.6) is 0 Å². The third kappa shape index (κ3) is 48.4. The molecule has 0 saturated carbocycles. The van der Waals surface area contributed by atoms with Crippen molar-refractivity contribution in [3.05, 3.63) is 146 Å². The molecule has 2 N–H and O–H groups in total. The summed E-state index contributed by atoms with van der Waals surface area (Å²) in [6, 6.07) is 0. The summed E-state index contributed by atoms with van der Waals surface area (Å²) in [6.07, 6.45) is 64.3. The highest BCUT2D eigenvalue weighted by Gasteiger charge is 2.28. The van der Waals surface area contributed by atoms with Crippen molar-refractivity contribution in [3.63, 3.8) is 0 Å². The zero-order chi connectivity index (χ0) is 51.3. The molecule has 12 heteroatoms. The van der Waals surface area contributed by atoms with Crippen LogP contribution in [0.2, 0.25) is 0 Å². The molecular formula is C58H89O11P. The number of carbonyl (C=O) groups excluding carboxylic acids is 3. The van der Waals surface area contributed by atoms with Gasteiger partial charge in [0.25, 0.3) is 0 Å². The predicted octanol–water partition coefficient (Wildman–Crippen LogP) is 14.8. The van der Waals surface area contributed by atoms with Crippen molar-refractivity contribution < 1.29 is 52.2 Å². The van der Waals surface area contributed by atoms with Crippen molar-refractivity contribution in [3.8, 4) is 0 Å². The SMILES string of the molecule is CC/C=C\C/C=C\C/C=C\C/C=C\CCCCCCC(=O)OCC(COP(=O)(O)OCC(CO)OC(=O)CC/C=C\C/C=C\C/C=C\C/C=C\CC)OC(=O)CC/C=C\C/C=C\C/C=C\C/C=C\CC. The lowest BCUT2D eigenvalue weighted by molar-refractivity contribution is -0.161. The van der Waals surface area contributed by atoms with Crippen molar-refractivity contribution in [1.82, 2.24) is 0 Å². The van der Waals surface area contributed by atoms with Crippen LogP contribution in [0.25, 0.3) is 0 Å². The summed E-state index contributed by atoms with van der Waals surface area (Å²) < 4.78 is 39.1. The van der Waals surface area contributed by atoms with E-state index in [4.69, 9.17) is 23.3 Å². The van der Waals surface area contributed by atoms with Crippen LogP contribution in [0, 0.1) is 0 Å². The fourth-order valence-corrected chi connectivity index (χ4v) is 6.74. The number of aliphatic hydroxyl groups excluding tert-OH is 1. The number of phosphoric ester groups is 1. The Morgan fingerprint density at radius 2 is 0.729 bits per heavy atom. The second-order valence-corrected chi connectivity index (χ2v) is 17.6. The lowest BCUT2D eigenvalue weighted by Gasteiger charge is -2.21. The van der Waals surface area contributed by atoms with Gasteiger partial charge in [0, 0.05) is 19.3 Å². The molecule has 0 aromatic heterocycles. The van der Waals surface area contributed by atoms with E-state index in [1.807, 2.05) is 36.5 Å². The normalized spacial score (nSPS) is 14.6. The molecule has 0 aliphatic rings. The van der Waals surface area contributed by atoms with E-state index in [0.29, 0.717) is 25.7 Å². The quantitative estimate of drug-likeness (QED) is 0.0197. The average molecular weight is 993 g/mol. The number of ether oxygens (including phenoxy) is 3. The standard InChI is InChI=1S/C58H89O11P/c1-4-7-10-13-16-19-22-25-26-27-28-31-32-35-38-41-44-47-56(60)65-51-55(69-58(62)49-46-43-40-37-34-30-24-21-18-15-12-9-6-3)53-67-70(63,64)66-52-54(50-59)68-57(61)48-45-42-39-36-33-29-23-20-17-14-11-8-5-2/h7-12,16-21,25-26,28-31,33-34,39-40,42-43,54-55,59H,4-6,13-15,22-24,27,32,35-38,41,44-53H2,1-3H3,(H,63,64)/b10-7-,11-8-,12-9-,19-16-,20-17-,21-18-,26-25-,31-28-,33-29-,34-30-,42-39-,43-40-. The number of hydrogen-bond donors (Lipinski definition) is 2. The first-order valence-corrected chi connectivity index (χ1v) is 27.2. The highest BCUT2D eigenvalue weighted by molar-refractivity contribution is 7.47. The maximum absolute atomic E-state index is 12.8. The van der Waals surface area contributed by atoms with Crippen LogP contribution in [0.1, 0.15) is 162 Å². The summed E-state index contributed by atoms with van der Waals surface area (Å²) in [5.74, 6) is -1.70. The first kappa shape index (κ1) is 65.4. The van der Waals surface area contributed by atoms with Crippen LogP contribution in [0.3, 0.4) is 0 Å². The lowest BCUT2D eigenvalue weighted by Crippen LogP contribution is -2.30. The van der Waals surface area contributed by atoms with Gasteiger partial charge < -0.3 is 24.2 Å². The van der Waals surface area contributed by atoms with E-state index >= 15 is 0 Å². The van der Waals surface area contributed by atoms with Crippen molar-refractivity contribution in [2.75, 3.05) is 26.4 Å². The second-order valence-electron chi connectivity index (χ2n) is 16.2. The zero-order valence-electron chi connectivity index (χ0n) is 42.9. The van der Waals surface area contributed by atoms with Crippen molar-refractivity contribution in [2.24, 2.45) is 0 Å². The molecule has 3 atom stereocenters. The van der Waals surface area contributed by atoms with Crippen LogP contribution in [0.15, 0.2) is 146 Å². The van der Waals surface area contributed by atoms with E-state index in [1.165, 1.54) is 0 Å². The van der Waals surface area contributed by atoms with Crippen LogP contribution in [-0.4, -0.2) is 66.5 Å². The molecule has 0 aliphatic carbocycles. The molecule has 70 heavy (non-hydrogen) atoms. The van der Waals surface area contributed by atoms with Crippen molar-refractivity contribution in [1.29, 1.82) is 0 Å². The van der Waals surface area contributed by atoms with Gasteiger partial charge in [-0.2, -0.15) is 0 Å². The fraction of sp³-hybridized carbons (Fsp3) is 0.534. The van der Waals surface area contributed by atoms with Gasteiger partial charge in [-0.3, -0.25) is 23.4 Å². The maximum atomic E-state index is 12.8. The van der Waals surface area contributed by atoms with Crippen LogP contribution < -0.4 is 0 Å². The Kier molecular flexibility index (Phi) is 47.4. The molecule has 0 aliphatic heterocycles. The molecule has 0 bridgehead atoms. The Morgan fingerprint density at radius 1 is 0.400 bits per heavy atom. The van der Waals surface area contributed by atoms with Gasteiger partial charge in [0.15, 0.2) is 6.10 Å². The minimum atomic E-state index is -4.79. The minimum Gasteiger partial charge on any atom is -0.462 e. The number of unbranched alkanes of at least 4 members (excludes halogenated alkanes) is 4. The largest absolute Gasteiger partial charge is 0.472 e. The van der Waals surface area contributed by atoms with Gasteiger partial charge in [-0.1, -0.05) is 179 Å². The summed E-state index contributed by atoms with van der Waals surface area (Å²) >= 11 is 0. The van der Waals surface area contributed by atoms with Gasteiger partial charge in [-0.25, -0.2) is 4.57 Å². The maximum Gasteiger partial charge on any atom is 0.472 e. The Bertz CT molecular complexity index is 1730. The predicted molar refractivity (Wildman–Crippen MR) is 288 cm³/mol. The second kappa shape index (κ2) is 50.7. The lowest BCUT2D eigenvalue weighted by atomic mass is 10.1. The van der Waals surface area contributed by atoms with Crippen LogP contribution >= 0.6 is 7.82 Å². The summed E-state index contributed by atoms with van der Waals surface area (Å²) in [5, 5.41) is 9.76. The van der Waals surface area contributed by atoms with Crippen molar-refractivity contribution in [2.45, 2.75) is 174 Å². The molecule has 0 radical (unpaired) electrons. The molecule has 11 nitrogen and oxygen atoms in total. The number of rotatable bonds is 45. The number of allylic oxidation sites excluding steroid dienone is 24. The van der Waals surface area contributed by atoms with Gasteiger partial charge in [0.05, 0.1) is 19.8 Å². The van der Waals surface area contributed by atoms with Gasteiger partial charge in [-0.15, -0.1) is 0 Å². The topological polar surface area (TPSA) is 155 Å². The minimum absolute atomic E-state index is 0.0265. The number of phosphoric acid groups is 1. The Balaban J connectivity index is 4.94. The smallest absolute Gasteiger partial charge is 0.462 e. The summed E-state index contributed by atoms with van der Waals surface area (Å²) in [7, 11) is -4.79. The fourth-order valence-electron chi connectivity index (χ4n) is 5.96. The third-order valence-electron chi connectivity index (χ3n) is 9.77. The molecule has 0 saturated heterocycles. The van der Waals surface area contributed by atoms with Crippen LogP contribution in [0.4, 0.5) is 0 Å². The highest BCUT2D eigenvalue weighted by Crippen LogP contribution is 2.43.